The average molecular weight is 427 g/mol. The first-order chi connectivity index (χ1) is 15.0. The van der Waals surface area contributed by atoms with E-state index in [9.17, 15) is 9.18 Å². The van der Waals surface area contributed by atoms with E-state index in [1.807, 2.05) is 18.2 Å². The summed E-state index contributed by atoms with van der Waals surface area (Å²) in [5, 5.41) is 7.93. The molecule has 0 atom stereocenters. The van der Waals surface area contributed by atoms with Gasteiger partial charge >= 0.3 is 6.09 Å². The lowest BCUT2D eigenvalue weighted by Crippen LogP contribution is -2.19. The first-order valence-corrected chi connectivity index (χ1v) is 9.53. The summed E-state index contributed by atoms with van der Waals surface area (Å²) in [6.07, 6.45) is -0.624. The number of carbonyl (C=O) groups is 1. The molecule has 0 amide bonds. The van der Waals surface area contributed by atoms with Gasteiger partial charge in [-0.1, -0.05) is 6.07 Å². The molecule has 4 rings (SSSR count). The van der Waals surface area contributed by atoms with E-state index < -0.39 is 11.9 Å². The summed E-state index contributed by atoms with van der Waals surface area (Å²) in [6, 6.07) is 11.6. The molecule has 0 bridgehead atoms. The first kappa shape index (κ1) is 20.5. The van der Waals surface area contributed by atoms with Gasteiger partial charge in [-0.05, 0) is 41.8 Å². The largest absolute Gasteiger partial charge is 0.493 e. The van der Waals surface area contributed by atoms with Gasteiger partial charge in [-0.25, -0.2) is 9.18 Å². The van der Waals surface area contributed by atoms with Crippen LogP contribution in [0.3, 0.4) is 0 Å². The summed E-state index contributed by atoms with van der Waals surface area (Å²) in [5.41, 5.74) is 1.90. The fourth-order valence-corrected chi connectivity index (χ4v) is 3.44. The maximum absolute atomic E-state index is 13.7. The molecule has 0 saturated carbocycles. The van der Waals surface area contributed by atoms with Crippen molar-refractivity contribution in [1.82, 2.24) is 9.78 Å². The molecule has 1 aliphatic carbocycles. The Morgan fingerprint density at radius 3 is 2.55 bits per heavy atom. The number of aromatic nitrogens is 2. The molecule has 1 heterocycles. The monoisotopic (exact) mass is 427 g/mol. The highest BCUT2D eigenvalue weighted by molar-refractivity contribution is 6.06. The number of methoxy groups -OCH3 is 3. The Kier molecular flexibility index (Phi) is 5.68. The summed E-state index contributed by atoms with van der Waals surface area (Å²) < 4.78 is 36.0. The summed E-state index contributed by atoms with van der Waals surface area (Å²) in [7, 11) is 4.65. The number of ether oxygens (including phenoxy) is 4. The minimum absolute atomic E-state index is 0.0940. The molecule has 0 fully saturated rings. The van der Waals surface area contributed by atoms with Gasteiger partial charge in [0.05, 0.1) is 26.5 Å². The lowest BCUT2D eigenvalue weighted by atomic mass is 10.2. The molecule has 31 heavy (non-hydrogen) atoms. The molecule has 162 valence electrons. The van der Waals surface area contributed by atoms with E-state index in [4.69, 9.17) is 18.9 Å². The number of nitrogens with one attached hydrogen (secondary N) is 2. The third kappa shape index (κ3) is 3.87. The van der Waals surface area contributed by atoms with Crippen molar-refractivity contribution in [2.45, 2.75) is 0 Å². The Morgan fingerprint density at radius 1 is 1.06 bits per heavy atom. The summed E-state index contributed by atoms with van der Waals surface area (Å²) >= 11 is 0. The summed E-state index contributed by atoms with van der Waals surface area (Å²) in [4.78, 5) is 12.7. The summed E-state index contributed by atoms with van der Waals surface area (Å²) in [5.74, 6) is 1.17. The van der Waals surface area contributed by atoms with E-state index >= 15 is 0 Å². The molecule has 9 heteroatoms. The second-order valence-electron chi connectivity index (χ2n) is 6.77. The average Bonchev–Trinajstić information content (AvgIpc) is 3.29. The number of H-pyrrole nitrogens is 1. The van der Waals surface area contributed by atoms with Crippen molar-refractivity contribution in [3.05, 3.63) is 48.3 Å². The highest BCUT2D eigenvalue weighted by atomic mass is 19.1. The zero-order valence-corrected chi connectivity index (χ0v) is 17.3. The maximum Gasteiger partial charge on any atom is 0.434 e. The highest BCUT2D eigenvalue weighted by Crippen LogP contribution is 2.43. The van der Waals surface area contributed by atoms with E-state index in [1.54, 1.807) is 26.4 Å². The Hall–Kier alpha value is -3.72. The van der Waals surface area contributed by atoms with E-state index in [2.05, 4.69) is 10.4 Å². The topological polar surface area (TPSA) is 86.7 Å². The molecular weight excluding hydrogens is 405 g/mol. The minimum Gasteiger partial charge on any atom is -0.493 e. The van der Waals surface area contributed by atoms with Crippen LogP contribution in [0.25, 0.3) is 22.0 Å². The number of hydrogen-bond donors (Lipinski definition) is 2. The van der Waals surface area contributed by atoms with Gasteiger partial charge in [-0.2, -0.15) is 4.68 Å². The third-order valence-corrected chi connectivity index (χ3v) is 4.88. The third-order valence-electron chi connectivity index (χ3n) is 4.88. The normalized spacial score (nSPS) is 11.1. The van der Waals surface area contributed by atoms with E-state index in [0.29, 0.717) is 28.7 Å². The lowest BCUT2D eigenvalue weighted by molar-refractivity contribution is 0.0979. The van der Waals surface area contributed by atoms with Crippen molar-refractivity contribution in [1.29, 1.82) is 0 Å². The molecule has 0 saturated heterocycles. The van der Waals surface area contributed by atoms with Crippen LogP contribution >= 0.6 is 0 Å². The Bertz CT molecular complexity index is 1200. The number of aromatic amines is 1. The summed E-state index contributed by atoms with van der Waals surface area (Å²) in [6.45, 7) is 0.363. The second kappa shape index (κ2) is 8.57. The van der Waals surface area contributed by atoms with Crippen LogP contribution in [0.15, 0.2) is 42.5 Å². The number of nitrogens with zero attached hydrogens (tertiary/aromatic N) is 1. The lowest BCUT2D eigenvalue weighted by Gasteiger charge is -2.11. The van der Waals surface area contributed by atoms with Crippen LogP contribution in [0.1, 0.15) is 0 Å². The number of rotatable bonds is 7. The number of carbonyl (C=O) groups excluding carboxylic acids is 1. The molecule has 2 aromatic rings. The van der Waals surface area contributed by atoms with Gasteiger partial charge in [0.25, 0.3) is 0 Å². The Labute approximate surface area is 177 Å². The van der Waals surface area contributed by atoms with Crippen LogP contribution in [-0.4, -0.2) is 50.4 Å². The molecule has 0 spiro atoms. The minimum atomic E-state index is -0.624. The van der Waals surface area contributed by atoms with Gasteiger partial charge in [-0.15, -0.1) is 0 Å². The zero-order valence-electron chi connectivity index (χ0n) is 17.3. The van der Waals surface area contributed by atoms with Crippen LogP contribution in [0, 0.1) is 5.82 Å². The first-order valence-electron chi connectivity index (χ1n) is 9.53. The van der Waals surface area contributed by atoms with Crippen LogP contribution in [0.4, 0.5) is 20.7 Å². The molecule has 8 nitrogen and oxygen atoms in total. The number of halogens is 1. The number of fused-ring (bicyclic) bond motifs is 3. The smallest absolute Gasteiger partial charge is 0.434 e. The van der Waals surface area contributed by atoms with Crippen molar-refractivity contribution < 1.29 is 28.1 Å². The fourth-order valence-electron chi connectivity index (χ4n) is 3.44. The Morgan fingerprint density at radius 2 is 1.84 bits per heavy atom. The van der Waals surface area contributed by atoms with E-state index in [0.717, 1.165) is 16.3 Å². The van der Waals surface area contributed by atoms with Gasteiger partial charge in [0.1, 0.15) is 18.2 Å². The molecule has 0 unspecified atom stereocenters. The van der Waals surface area contributed by atoms with Crippen molar-refractivity contribution in [2.24, 2.45) is 0 Å². The van der Waals surface area contributed by atoms with Crippen molar-refractivity contribution in [3.8, 4) is 22.8 Å². The molecule has 2 aromatic carbocycles. The molecule has 2 aliphatic rings. The van der Waals surface area contributed by atoms with Crippen LogP contribution in [0.2, 0.25) is 0 Å². The fraction of sp³-hybridized carbons (Fsp3) is 0.227. The molecule has 2 N–H and O–H groups in total. The molecule has 1 aliphatic heterocycles. The predicted octanol–water partition coefficient (Wildman–Crippen LogP) is 4.61. The maximum atomic E-state index is 13.7. The molecule has 0 radical (unpaired) electrons. The SMILES string of the molecule is COCCOC(=O)n1[nH]c2c3cc(OC)c(OC)cc3cc-2c1Nc1cccc(F)c1. The van der Waals surface area contributed by atoms with Crippen LogP contribution in [0.5, 0.6) is 11.5 Å². The van der Waals surface area contributed by atoms with Gasteiger partial charge in [0.15, 0.2) is 11.5 Å². The van der Waals surface area contributed by atoms with Gasteiger partial charge in [0.2, 0.25) is 0 Å². The van der Waals surface area contributed by atoms with Gasteiger partial charge < -0.3 is 24.3 Å². The van der Waals surface area contributed by atoms with Crippen molar-refractivity contribution >= 4 is 28.4 Å². The molecular formula is C22H22FN3O5. The zero-order chi connectivity index (χ0) is 22.0. The van der Waals surface area contributed by atoms with Crippen LogP contribution in [-0.2, 0) is 9.47 Å². The second-order valence-corrected chi connectivity index (χ2v) is 6.77. The number of hydrogen-bond acceptors (Lipinski definition) is 6. The van der Waals surface area contributed by atoms with E-state index in [-0.39, 0.29) is 13.2 Å². The number of benzene rings is 2. The quantitative estimate of drug-likeness (QED) is 0.419. The molecule has 0 aromatic heterocycles. The van der Waals surface area contributed by atoms with Crippen molar-refractivity contribution in [3.63, 3.8) is 0 Å². The Balaban J connectivity index is 1.84. The van der Waals surface area contributed by atoms with Crippen molar-refractivity contribution in [2.75, 3.05) is 39.9 Å². The van der Waals surface area contributed by atoms with Gasteiger partial charge in [-0.3, -0.25) is 5.10 Å². The van der Waals surface area contributed by atoms with Gasteiger partial charge in [0, 0.05) is 23.7 Å². The number of anilines is 2. The standard InChI is InChI=1S/C22H22FN3O5/c1-28-7-8-31-22(27)26-21(24-15-6-4-5-14(23)11-15)17-9-13-10-18(29-2)19(30-3)12-16(13)20(17)25-26/h4-6,9-12,24-25H,7-8H2,1-3H3. The predicted molar refractivity (Wildman–Crippen MR) is 114 cm³/mol. The van der Waals surface area contributed by atoms with E-state index in [1.165, 1.54) is 23.9 Å². The highest BCUT2D eigenvalue weighted by Gasteiger charge is 2.25. The van der Waals surface area contributed by atoms with Crippen LogP contribution < -0.4 is 14.8 Å².